The van der Waals surface area contributed by atoms with Gasteiger partial charge in [-0.05, 0) is 43.0 Å². The fourth-order valence-corrected chi connectivity index (χ4v) is 2.68. The number of nitrogens with zero attached hydrogens (tertiary/aromatic N) is 1. The van der Waals surface area contributed by atoms with Crippen LogP contribution in [-0.2, 0) is 6.54 Å². The van der Waals surface area contributed by atoms with E-state index in [1.165, 1.54) is 11.1 Å². The Morgan fingerprint density at radius 3 is 2.10 bits per heavy atom. The van der Waals surface area contributed by atoms with Crippen molar-refractivity contribution < 1.29 is 13.2 Å². The summed E-state index contributed by atoms with van der Waals surface area (Å²) in [6.07, 6.45) is -3.56. The van der Waals surface area contributed by atoms with Gasteiger partial charge in [-0.15, -0.1) is 0 Å². The van der Waals surface area contributed by atoms with Crippen LogP contribution in [0, 0.1) is 5.92 Å². The van der Waals surface area contributed by atoms with E-state index in [1.54, 1.807) is 0 Å². The van der Waals surface area contributed by atoms with Gasteiger partial charge in [-0.3, -0.25) is 4.90 Å². The summed E-state index contributed by atoms with van der Waals surface area (Å²) in [4.78, 5) is 2.12. The molecule has 1 heterocycles. The second-order valence-electron chi connectivity index (χ2n) is 5.99. The van der Waals surface area contributed by atoms with Crippen molar-refractivity contribution in [1.29, 1.82) is 0 Å². The van der Waals surface area contributed by atoms with Crippen molar-refractivity contribution in [1.82, 2.24) is 4.90 Å². The second-order valence-corrected chi connectivity index (χ2v) is 5.99. The molecule has 112 valence electrons. The lowest BCUT2D eigenvalue weighted by molar-refractivity contribution is -0.185. The molecular formula is C16H22F3N. The lowest BCUT2D eigenvalue weighted by Crippen LogP contribution is -2.38. The minimum atomic E-state index is -4.02. The number of hydrogen-bond donors (Lipinski definition) is 0. The third-order valence-corrected chi connectivity index (χ3v) is 4.10. The van der Waals surface area contributed by atoms with Gasteiger partial charge in [0.25, 0.3) is 0 Å². The molecular weight excluding hydrogens is 263 g/mol. The van der Waals surface area contributed by atoms with Crippen molar-refractivity contribution in [2.24, 2.45) is 5.92 Å². The zero-order chi connectivity index (χ0) is 14.8. The molecule has 0 amide bonds. The minimum Gasteiger partial charge on any atom is -0.299 e. The van der Waals surface area contributed by atoms with Crippen LogP contribution in [0.25, 0.3) is 0 Å². The number of rotatable bonds is 3. The monoisotopic (exact) mass is 285 g/mol. The second kappa shape index (κ2) is 6.17. The molecule has 20 heavy (non-hydrogen) atoms. The van der Waals surface area contributed by atoms with Gasteiger partial charge in [0.2, 0.25) is 0 Å². The van der Waals surface area contributed by atoms with Crippen molar-refractivity contribution in [2.75, 3.05) is 13.1 Å². The van der Waals surface area contributed by atoms with E-state index in [0.717, 1.165) is 6.54 Å². The molecule has 0 spiro atoms. The molecule has 1 aliphatic rings. The standard InChI is InChI=1S/C16H22F3N/c1-12(2)14-5-3-13(4-6-14)11-20-9-7-15(8-10-20)16(17,18)19/h3-6,12,15H,7-11H2,1-2H3. The molecule has 0 unspecified atom stereocenters. The van der Waals surface area contributed by atoms with E-state index < -0.39 is 12.1 Å². The van der Waals surface area contributed by atoms with E-state index in [9.17, 15) is 13.2 Å². The first kappa shape index (κ1) is 15.4. The summed E-state index contributed by atoms with van der Waals surface area (Å²) in [5, 5.41) is 0. The highest BCUT2D eigenvalue weighted by molar-refractivity contribution is 5.24. The molecule has 0 saturated carbocycles. The summed E-state index contributed by atoms with van der Waals surface area (Å²) in [5.41, 5.74) is 2.48. The van der Waals surface area contributed by atoms with Gasteiger partial charge in [0.1, 0.15) is 0 Å². The van der Waals surface area contributed by atoms with Crippen LogP contribution in [0.3, 0.4) is 0 Å². The lowest BCUT2D eigenvalue weighted by atomic mass is 9.95. The Kier molecular flexibility index (Phi) is 4.74. The van der Waals surface area contributed by atoms with Gasteiger partial charge < -0.3 is 0 Å². The number of benzene rings is 1. The maximum absolute atomic E-state index is 12.6. The number of hydrogen-bond acceptors (Lipinski definition) is 1. The summed E-state index contributed by atoms with van der Waals surface area (Å²) in [7, 11) is 0. The van der Waals surface area contributed by atoms with Gasteiger partial charge >= 0.3 is 6.18 Å². The highest BCUT2D eigenvalue weighted by Crippen LogP contribution is 2.34. The first-order chi connectivity index (χ1) is 9.36. The van der Waals surface area contributed by atoms with Crippen molar-refractivity contribution in [3.63, 3.8) is 0 Å². The Morgan fingerprint density at radius 1 is 1.10 bits per heavy atom. The summed E-state index contributed by atoms with van der Waals surface area (Å²) in [5.74, 6) is -0.603. The molecule has 2 rings (SSSR count). The Labute approximate surface area is 118 Å². The third kappa shape index (κ3) is 3.98. The molecule has 0 N–H and O–H groups in total. The molecule has 4 heteroatoms. The van der Waals surface area contributed by atoms with E-state index >= 15 is 0 Å². The highest BCUT2D eigenvalue weighted by Gasteiger charge is 2.40. The Morgan fingerprint density at radius 2 is 1.65 bits per heavy atom. The lowest BCUT2D eigenvalue weighted by Gasteiger charge is -2.32. The van der Waals surface area contributed by atoms with E-state index in [-0.39, 0.29) is 12.8 Å². The van der Waals surface area contributed by atoms with Crippen molar-refractivity contribution in [3.8, 4) is 0 Å². The molecule has 0 atom stereocenters. The topological polar surface area (TPSA) is 3.24 Å². The van der Waals surface area contributed by atoms with E-state index in [2.05, 4.69) is 43.0 Å². The Hall–Kier alpha value is -1.03. The molecule has 0 bridgehead atoms. The van der Waals surface area contributed by atoms with Crippen molar-refractivity contribution >= 4 is 0 Å². The molecule has 0 radical (unpaired) electrons. The van der Waals surface area contributed by atoms with Crippen LogP contribution in [0.1, 0.15) is 43.7 Å². The minimum absolute atomic E-state index is 0.230. The molecule has 1 aliphatic heterocycles. The number of piperidine rings is 1. The smallest absolute Gasteiger partial charge is 0.299 e. The molecule has 1 aromatic carbocycles. The zero-order valence-electron chi connectivity index (χ0n) is 12.1. The van der Waals surface area contributed by atoms with Gasteiger partial charge in [-0.25, -0.2) is 0 Å². The number of halogens is 3. The van der Waals surface area contributed by atoms with Crippen LogP contribution >= 0.6 is 0 Å². The van der Waals surface area contributed by atoms with Crippen LogP contribution in [0.5, 0.6) is 0 Å². The van der Waals surface area contributed by atoms with Crippen molar-refractivity contribution in [3.05, 3.63) is 35.4 Å². The maximum atomic E-state index is 12.6. The average Bonchev–Trinajstić information content (AvgIpc) is 2.39. The number of alkyl halides is 3. The molecule has 1 aromatic rings. The highest BCUT2D eigenvalue weighted by atomic mass is 19.4. The average molecular weight is 285 g/mol. The Bertz CT molecular complexity index is 414. The predicted octanol–water partition coefficient (Wildman–Crippen LogP) is 4.58. The fraction of sp³-hybridized carbons (Fsp3) is 0.625. The number of likely N-dealkylation sites (tertiary alicyclic amines) is 1. The predicted molar refractivity (Wildman–Crippen MR) is 74.6 cm³/mol. The quantitative estimate of drug-likeness (QED) is 0.785. The van der Waals surface area contributed by atoms with E-state index in [0.29, 0.717) is 19.0 Å². The normalized spacial score (nSPS) is 18.7. The SMILES string of the molecule is CC(C)c1ccc(CN2CCC(C(F)(F)F)CC2)cc1. The third-order valence-electron chi connectivity index (χ3n) is 4.10. The molecule has 1 nitrogen and oxygen atoms in total. The maximum Gasteiger partial charge on any atom is 0.391 e. The van der Waals surface area contributed by atoms with Crippen LogP contribution in [0.15, 0.2) is 24.3 Å². The van der Waals surface area contributed by atoms with Crippen LogP contribution < -0.4 is 0 Å². The Balaban J connectivity index is 1.86. The summed E-state index contributed by atoms with van der Waals surface area (Å²) in [6, 6.07) is 8.40. The molecule has 1 saturated heterocycles. The summed E-state index contributed by atoms with van der Waals surface area (Å²) in [6.45, 7) is 6.13. The summed E-state index contributed by atoms with van der Waals surface area (Å²) >= 11 is 0. The van der Waals surface area contributed by atoms with E-state index in [4.69, 9.17) is 0 Å². The van der Waals surface area contributed by atoms with Gasteiger partial charge in [0, 0.05) is 6.54 Å². The summed E-state index contributed by atoms with van der Waals surface area (Å²) < 4.78 is 37.8. The van der Waals surface area contributed by atoms with Crippen LogP contribution in [0.4, 0.5) is 13.2 Å². The first-order valence-electron chi connectivity index (χ1n) is 7.24. The first-order valence-corrected chi connectivity index (χ1v) is 7.24. The molecule has 1 fully saturated rings. The van der Waals surface area contributed by atoms with Gasteiger partial charge in [-0.2, -0.15) is 13.2 Å². The largest absolute Gasteiger partial charge is 0.391 e. The fourth-order valence-electron chi connectivity index (χ4n) is 2.68. The molecule has 0 aliphatic carbocycles. The zero-order valence-corrected chi connectivity index (χ0v) is 12.1. The van der Waals surface area contributed by atoms with Crippen LogP contribution in [0.2, 0.25) is 0 Å². The van der Waals surface area contributed by atoms with Crippen molar-refractivity contribution in [2.45, 2.75) is 45.3 Å². The molecule has 0 aromatic heterocycles. The van der Waals surface area contributed by atoms with Gasteiger partial charge in [0.15, 0.2) is 0 Å². The van der Waals surface area contributed by atoms with Gasteiger partial charge in [0.05, 0.1) is 5.92 Å². The van der Waals surface area contributed by atoms with E-state index in [1.807, 2.05) is 0 Å². The van der Waals surface area contributed by atoms with Gasteiger partial charge in [-0.1, -0.05) is 38.1 Å². The van der Waals surface area contributed by atoms with Crippen LogP contribution in [-0.4, -0.2) is 24.2 Å².